The van der Waals surface area contributed by atoms with Crippen LogP contribution in [0.2, 0.25) is 0 Å². The van der Waals surface area contributed by atoms with Crippen molar-refractivity contribution in [3.63, 3.8) is 0 Å². The number of halogens is 1. The van der Waals surface area contributed by atoms with Gasteiger partial charge in [0.2, 0.25) is 5.91 Å². The first-order chi connectivity index (χ1) is 9.60. The summed E-state index contributed by atoms with van der Waals surface area (Å²) in [4.78, 5) is 14.1. The monoisotopic (exact) mass is 276 g/mol. The zero-order valence-electron chi connectivity index (χ0n) is 12.0. The van der Waals surface area contributed by atoms with Crippen LogP contribution in [0.1, 0.15) is 25.3 Å². The Morgan fingerprint density at radius 3 is 2.75 bits per heavy atom. The van der Waals surface area contributed by atoms with E-state index in [-0.39, 0.29) is 11.7 Å². The number of hydrogen-bond donors (Lipinski definition) is 1. The second-order valence-electron chi connectivity index (χ2n) is 5.25. The van der Waals surface area contributed by atoms with E-state index in [0.717, 1.165) is 37.1 Å². The van der Waals surface area contributed by atoms with Crippen molar-refractivity contribution in [1.29, 1.82) is 0 Å². The van der Waals surface area contributed by atoms with Crippen molar-refractivity contribution in [1.82, 2.24) is 10.2 Å². The van der Waals surface area contributed by atoms with E-state index in [1.54, 1.807) is 18.2 Å². The van der Waals surface area contributed by atoms with Crippen LogP contribution in [-0.2, 0) is 4.79 Å². The van der Waals surface area contributed by atoms with Gasteiger partial charge in [-0.1, -0.05) is 12.1 Å². The van der Waals surface area contributed by atoms with Crippen LogP contribution in [0.15, 0.2) is 30.3 Å². The summed E-state index contributed by atoms with van der Waals surface area (Å²) in [6, 6.07) is 6.60. The second kappa shape index (κ2) is 6.66. The van der Waals surface area contributed by atoms with Gasteiger partial charge in [0.05, 0.1) is 0 Å². The lowest BCUT2D eigenvalue weighted by Gasteiger charge is -2.32. The van der Waals surface area contributed by atoms with Gasteiger partial charge in [-0.15, -0.1) is 0 Å². The number of amides is 1. The molecule has 0 aliphatic carbocycles. The van der Waals surface area contributed by atoms with E-state index in [9.17, 15) is 9.18 Å². The standard InChI is InChI=1S/C16H21FN2O/c1-12(13-5-7-14(17)8-6-13)10-16(20)19-9-3-4-15(11-19)18-2/h5-8,10,15,18H,3-4,9,11H2,1-2H3. The molecule has 2 rings (SSSR count). The van der Waals surface area contributed by atoms with Gasteiger partial charge in [0.1, 0.15) is 5.82 Å². The van der Waals surface area contributed by atoms with E-state index in [1.165, 1.54) is 12.1 Å². The molecule has 1 aliphatic rings. The molecule has 0 bridgehead atoms. The number of carbonyl (C=O) groups excluding carboxylic acids is 1. The van der Waals surface area contributed by atoms with Crippen molar-refractivity contribution >= 4 is 11.5 Å². The molecule has 20 heavy (non-hydrogen) atoms. The smallest absolute Gasteiger partial charge is 0.246 e. The summed E-state index contributed by atoms with van der Waals surface area (Å²) in [7, 11) is 1.93. The van der Waals surface area contributed by atoms with Gasteiger partial charge in [-0.05, 0) is 50.1 Å². The first kappa shape index (κ1) is 14.7. The molecule has 1 N–H and O–H groups in total. The van der Waals surface area contributed by atoms with E-state index in [4.69, 9.17) is 0 Å². The Balaban J connectivity index is 2.05. The largest absolute Gasteiger partial charge is 0.338 e. The second-order valence-corrected chi connectivity index (χ2v) is 5.25. The fourth-order valence-corrected chi connectivity index (χ4v) is 2.49. The average Bonchev–Trinajstić information content (AvgIpc) is 2.47. The zero-order chi connectivity index (χ0) is 14.5. The highest BCUT2D eigenvalue weighted by Crippen LogP contribution is 2.16. The summed E-state index contributed by atoms with van der Waals surface area (Å²) >= 11 is 0. The maximum atomic E-state index is 12.9. The molecule has 1 saturated heterocycles. The zero-order valence-corrected chi connectivity index (χ0v) is 12.0. The normalized spacial score (nSPS) is 20.1. The van der Waals surface area contributed by atoms with Crippen molar-refractivity contribution < 1.29 is 9.18 Å². The van der Waals surface area contributed by atoms with E-state index in [2.05, 4.69) is 5.32 Å². The maximum Gasteiger partial charge on any atom is 0.246 e. The van der Waals surface area contributed by atoms with E-state index < -0.39 is 0 Å². The average molecular weight is 276 g/mol. The number of allylic oxidation sites excluding steroid dienone is 1. The highest BCUT2D eigenvalue weighted by molar-refractivity contribution is 5.94. The Bertz CT molecular complexity index is 496. The van der Waals surface area contributed by atoms with Crippen molar-refractivity contribution in [2.24, 2.45) is 0 Å². The number of carbonyl (C=O) groups is 1. The molecule has 1 aromatic carbocycles. The molecule has 1 heterocycles. The van der Waals surface area contributed by atoms with Crippen LogP contribution in [-0.4, -0.2) is 37.0 Å². The number of likely N-dealkylation sites (N-methyl/N-ethyl adjacent to an activating group) is 1. The van der Waals surface area contributed by atoms with E-state index >= 15 is 0 Å². The van der Waals surface area contributed by atoms with Crippen LogP contribution < -0.4 is 5.32 Å². The Labute approximate surface area is 119 Å². The van der Waals surface area contributed by atoms with Crippen LogP contribution in [0.4, 0.5) is 4.39 Å². The molecule has 1 amide bonds. The first-order valence-electron chi connectivity index (χ1n) is 7.00. The van der Waals surface area contributed by atoms with Crippen LogP contribution in [0, 0.1) is 5.82 Å². The number of hydrogen-bond acceptors (Lipinski definition) is 2. The van der Waals surface area contributed by atoms with Gasteiger partial charge in [-0.2, -0.15) is 0 Å². The molecule has 0 aromatic heterocycles. The minimum Gasteiger partial charge on any atom is -0.338 e. The third-order valence-corrected chi connectivity index (χ3v) is 3.78. The maximum absolute atomic E-state index is 12.9. The topological polar surface area (TPSA) is 32.3 Å². The molecule has 1 unspecified atom stereocenters. The summed E-state index contributed by atoms with van der Waals surface area (Å²) in [5.41, 5.74) is 1.74. The molecule has 1 fully saturated rings. The SMILES string of the molecule is CNC1CCCN(C(=O)C=C(C)c2ccc(F)cc2)C1. The molecular formula is C16H21FN2O. The third kappa shape index (κ3) is 3.67. The third-order valence-electron chi connectivity index (χ3n) is 3.78. The predicted molar refractivity (Wildman–Crippen MR) is 78.7 cm³/mol. The Hall–Kier alpha value is -1.68. The van der Waals surface area contributed by atoms with Crippen LogP contribution in [0.5, 0.6) is 0 Å². The van der Waals surface area contributed by atoms with Gasteiger partial charge in [0, 0.05) is 25.2 Å². The minimum atomic E-state index is -0.263. The molecule has 3 nitrogen and oxygen atoms in total. The molecule has 0 spiro atoms. The summed E-state index contributed by atoms with van der Waals surface area (Å²) in [6.07, 6.45) is 3.78. The Kier molecular flexibility index (Phi) is 4.90. The molecule has 0 saturated carbocycles. The lowest BCUT2D eigenvalue weighted by molar-refractivity contribution is -0.127. The van der Waals surface area contributed by atoms with Crippen molar-refractivity contribution in [3.05, 3.63) is 41.7 Å². The summed E-state index contributed by atoms with van der Waals surface area (Å²) < 4.78 is 12.9. The molecule has 1 aliphatic heterocycles. The quantitative estimate of drug-likeness (QED) is 0.860. The highest BCUT2D eigenvalue weighted by atomic mass is 19.1. The fourth-order valence-electron chi connectivity index (χ4n) is 2.49. The number of likely N-dealkylation sites (tertiary alicyclic amines) is 1. The molecule has 4 heteroatoms. The molecule has 108 valence electrons. The number of piperidine rings is 1. The number of nitrogens with zero attached hydrogens (tertiary/aromatic N) is 1. The van der Waals surface area contributed by atoms with Gasteiger partial charge < -0.3 is 10.2 Å². The Morgan fingerprint density at radius 1 is 1.40 bits per heavy atom. The number of rotatable bonds is 3. The van der Waals surface area contributed by atoms with Gasteiger partial charge in [0.15, 0.2) is 0 Å². The van der Waals surface area contributed by atoms with Gasteiger partial charge >= 0.3 is 0 Å². The fraction of sp³-hybridized carbons (Fsp3) is 0.438. The molecule has 0 radical (unpaired) electrons. The lowest BCUT2D eigenvalue weighted by Crippen LogP contribution is -2.46. The molecular weight excluding hydrogens is 255 g/mol. The highest BCUT2D eigenvalue weighted by Gasteiger charge is 2.21. The minimum absolute atomic E-state index is 0.0341. The number of benzene rings is 1. The molecule has 1 aromatic rings. The molecule has 1 atom stereocenters. The van der Waals surface area contributed by atoms with Crippen LogP contribution >= 0.6 is 0 Å². The van der Waals surface area contributed by atoms with Crippen molar-refractivity contribution in [2.45, 2.75) is 25.8 Å². The first-order valence-corrected chi connectivity index (χ1v) is 7.00. The predicted octanol–water partition coefficient (Wildman–Crippen LogP) is 2.44. The van der Waals surface area contributed by atoms with Crippen LogP contribution in [0.3, 0.4) is 0 Å². The summed E-state index contributed by atoms with van der Waals surface area (Å²) in [5, 5.41) is 3.22. The lowest BCUT2D eigenvalue weighted by atomic mass is 10.0. The van der Waals surface area contributed by atoms with Gasteiger partial charge in [-0.25, -0.2) is 4.39 Å². The Morgan fingerprint density at radius 2 is 2.10 bits per heavy atom. The van der Waals surface area contributed by atoms with Crippen molar-refractivity contribution in [3.8, 4) is 0 Å². The number of nitrogens with one attached hydrogen (secondary N) is 1. The van der Waals surface area contributed by atoms with Crippen molar-refractivity contribution in [2.75, 3.05) is 20.1 Å². The van der Waals surface area contributed by atoms with E-state index in [1.807, 2.05) is 18.9 Å². The van der Waals surface area contributed by atoms with Gasteiger partial charge in [-0.3, -0.25) is 4.79 Å². The van der Waals surface area contributed by atoms with E-state index in [0.29, 0.717) is 6.04 Å². The summed E-state index contributed by atoms with van der Waals surface area (Å²) in [6.45, 7) is 3.44. The summed E-state index contributed by atoms with van der Waals surface area (Å²) in [5.74, 6) is -0.229. The van der Waals surface area contributed by atoms with Gasteiger partial charge in [0.25, 0.3) is 0 Å². The van der Waals surface area contributed by atoms with Crippen LogP contribution in [0.25, 0.3) is 5.57 Å².